The van der Waals surface area contributed by atoms with Crippen molar-refractivity contribution in [1.82, 2.24) is 9.97 Å². The fourth-order valence-corrected chi connectivity index (χ4v) is 3.02. The first-order valence-electron chi connectivity index (χ1n) is 5.25. The van der Waals surface area contributed by atoms with E-state index in [-0.39, 0.29) is 15.2 Å². The molecule has 0 aliphatic rings. The lowest BCUT2D eigenvalue weighted by molar-refractivity contribution is -0.384. The SMILES string of the molecule is O=[N+]([O-])c1ccc(Cl)nc1NS(=O)(=O)c1cccnc1Cl. The number of nitrogens with zero attached hydrogens (tertiary/aromatic N) is 3. The van der Waals surface area contributed by atoms with Crippen molar-refractivity contribution < 1.29 is 13.3 Å². The predicted octanol–water partition coefficient (Wildman–Crippen LogP) is 2.49. The van der Waals surface area contributed by atoms with Crippen LogP contribution in [0.2, 0.25) is 10.3 Å². The molecule has 2 aromatic rings. The van der Waals surface area contributed by atoms with Crippen LogP contribution in [0.3, 0.4) is 0 Å². The molecule has 0 spiro atoms. The van der Waals surface area contributed by atoms with Gasteiger partial charge in [0.2, 0.25) is 5.82 Å². The van der Waals surface area contributed by atoms with Gasteiger partial charge in [0.1, 0.15) is 15.2 Å². The van der Waals surface area contributed by atoms with Crippen LogP contribution in [0.15, 0.2) is 35.4 Å². The zero-order chi connectivity index (χ0) is 15.6. The Hall–Kier alpha value is -1.97. The molecule has 0 radical (unpaired) electrons. The fourth-order valence-electron chi connectivity index (χ4n) is 1.40. The number of sulfonamides is 1. The Morgan fingerprint density at radius 1 is 1.24 bits per heavy atom. The standard InChI is InChI=1S/C10H6Cl2N4O4S/c11-8-4-3-6(16(17)18)10(14-8)15-21(19,20)7-2-1-5-13-9(7)12/h1-5H,(H,14,15). The van der Waals surface area contributed by atoms with Gasteiger partial charge in [0, 0.05) is 12.3 Å². The molecule has 21 heavy (non-hydrogen) atoms. The largest absolute Gasteiger partial charge is 0.312 e. The van der Waals surface area contributed by atoms with Gasteiger partial charge in [0.15, 0.2) is 0 Å². The summed E-state index contributed by atoms with van der Waals surface area (Å²) in [5.74, 6) is -0.507. The third kappa shape index (κ3) is 3.38. The van der Waals surface area contributed by atoms with E-state index in [1.54, 1.807) is 0 Å². The van der Waals surface area contributed by atoms with Crippen LogP contribution >= 0.6 is 23.2 Å². The normalized spacial score (nSPS) is 11.1. The number of aromatic nitrogens is 2. The highest BCUT2D eigenvalue weighted by atomic mass is 35.5. The van der Waals surface area contributed by atoms with E-state index in [1.165, 1.54) is 24.4 Å². The van der Waals surface area contributed by atoms with Crippen LogP contribution in [0.1, 0.15) is 0 Å². The van der Waals surface area contributed by atoms with Gasteiger partial charge >= 0.3 is 5.69 Å². The summed E-state index contributed by atoms with van der Waals surface area (Å²) in [6.07, 6.45) is 1.31. The minimum atomic E-state index is -4.19. The number of nitrogens with one attached hydrogen (secondary N) is 1. The van der Waals surface area contributed by atoms with Crippen molar-refractivity contribution in [3.05, 3.63) is 50.9 Å². The topological polar surface area (TPSA) is 115 Å². The first-order chi connectivity index (χ1) is 9.81. The number of halogens is 2. The second-order valence-corrected chi connectivity index (χ2v) is 6.05. The summed E-state index contributed by atoms with van der Waals surface area (Å²) < 4.78 is 26.3. The van der Waals surface area contributed by atoms with Crippen LogP contribution in [-0.4, -0.2) is 23.3 Å². The summed E-state index contributed by atoms with van der Waals surface area (Å²) in [6.45, 7) is 0. The van der Waals surface area contributed by atoms with Crippen LogP contribution in [0.25, 0.3) is 0 Å². The Kier molecular flexibility index (Phi) is 4.26. The molecule has 0 amide bonds. The smallest absolute Gasteiger partial charge is 0.258 e. The minimum absolute atomic E-state index is 0.101. The molecule has 2 aromatic heterocycles. The lowest BCUT2D eigenvalue weighted by Gasteiger charge is -2.08. The van der Waals surface area contributed by atoms with E-state index < -0.39 is 26.5 Å². The zero-order valence-electron chi connectivity index (χ0n) is 10.0. The predicted molar refractivity (Wildman–Crippen MR) is 76.0 cm³/mol. The Bertz CT molecular complexity index is 812. The van der Waals surface area contributed by atoms with Crippen molar-refractivity contribution in [3.63, 3.8) is 0 Å². The molecule has 0 aromatic carbocycles. The molecular weight excluding hydrogens is 343 g/mol. The Morgan fingerprint density at radius 3 is 2.57 bits per heavy atom. The summed E-state index contributed by atoms with van der Waals surface area (Å²) in [7, 11) is -4.19. The van der Waals surface area contributed by atoms with E-state index in [4.69, 9.17) is 23.2 Å². The van der Waals surface area contributed by atoms with E-state index in [9.17, 15) is 18.5 Å². The molecule has 110 valence electrons. The van der Waals surface area contributed by atoms with Gasteiger partial charge in [-0.2, -0.15) is 0 Å². The lowest BCUT2D eigenvalue weighted by Crippen LogP contribution is -2.16. The highest BCUT2D eigenvalue weighted by Crippen LogP contribution is 2.27. The Labute approximate surface area is 128 Å². The van der Waals surface area contributed by atoms with Gasteiger partial charge in [-0.1, -0.05) is 23.2 Å². The molecule has 0 fully saturated rings. The van der Waals surface area contributed by atoms with Crippen molar-refractivity contribution in [3.8, 4) is 0 Å². The first kappa shape index (κ1) is 15.4. The van der Waals surface area contributed by atoms with E-state index >= 15 is 0 Å². The molecule has 8 nitrogen and oxygen atoms in total. The molecule has 1 N–H and O–H groups in total. The van der Waals surface area contributed by atoms with E-state index in [1.807, 2.05) is 4.72 Å². The first-order valence-corrected chi connectivity index (χ1v) is 7.49. The summed E-state index contributed by atoms with van der Waals surface area (Å²) >= 11 is 11.3. The van der Waals surface area contributed by atoms with Crippen LogP contribution in [0, 0.1) is 10.1 Å². The van der Waals surface area contributed by atoms with E-state index in [0.717, 1.165) is 6.07 Å². The number of pyridine rings is 2. The summed E-state index contributed by atoms with van der Waals surface area (Å²) in [5.41, 5.74) is -0.539. The number of nitro groups is 1. The molecule has 0 bridgehead atoms. The molecule has 0 saturated carbocycles. The van der Waals surface area contributed by atoms with Gasteiger partial charge < -0.3 is 0 Å². The molecule has 2 rings (SSSR count). The maximum atomic E-state index is 12.2. The number of rotatable bonds is 4. The van der Waals surface area contributed by atoms with Crippen LogP contribution in [0.4, 0.5) is 11.5 Å². The number of hydrogen-bond acceptors (Lipinski definition) is 6. The number of hydrogen-bond donors (Lipinski definition) is 1. The van der Waals surface area contributed by atoms with E-state index in [2.05, 4.69) is 9.97 Å². The van der Waals surface area contributed by atoms with Gasteiger partial charge in [-0.3, -0.25) is 14.8 Å². The Morgan fingerprint density at radius 2 is 1.95 bits per heavy atom. The average Bonchev–Trinajstić information content (AvgIpc) is 2.38. The minimum Gasteiger partial charge on any atom is -0.258 e. The second-order valence-electron chi connectivity index (χ2n) is 3.66. The molecule has 0 unspecified atom stereocenters. The average molecular weight is 349 g/mol. The number of anilines is 1. The van der Waals surface area contributed by atoms with Crippen molar-refractivity contribution in [1.29, 1.82) is 0 Å². The molecule has 2 heterocycles. The van der Waals surface area contributed by atoms with E-state index in [0.29, 0.717) is 0 Å². The second kappa shape index (κ2) is 5.80. The summed E-state index contributed by atoms with van der Waals surface area (Å²) in [6, 6.07) is 4.78. The molecular formula is C10H6Cl2N4O4S. The molecule has 0 saturated heterocycles. The van der Waals surface area contributed by atoms with Gasteiger partial charge in [-0.25, -0.2) is 18.4 Å². The van der Waals surface area contributed by atoms with Gasteiger partial charge in [-0.15, -0.1) is 0 Å². The molecule has 0 aliphatic carbocycles. The third-order valence-electron chi connectivity index (χ3n) is 2.28. The quantitative estimate of drug-likeness (QED) is 0.515. The maximum absolute atomic E-state index is 12.2. The van der Waals surface area contributed by atoms with Gasteiger partial charge in [-0.05, 0) is 18.2 Å². The zero-order valence-corrected chi connectivity index (χ0v) is 12.4. The van der Waals surface area contributed by atoms with Crippen molar-refractivity contribution in [2.75, 3.05) is 4.72 Å². The molecule has 11 heteroatoms. The fraction of sp³-hybridized carbons (Fsp3) is 0. The highest BCUT2D eigenvalue weighted by molar-refractivity contribution is 7.92. The molecule has 0 atom stereocenters. The maximum Gasteiger partial charge on any atom is 0.312 e. The van der Waals surface area contributed by atoms with Crippen LogP contribution < -0.4 is 4.72 Å². The van der Waals surface area contributed by atoms with Crippen molar-refractivity contribution in [2.45, 2.75) is 4.90 Å². The third-order valence-corrected chi connectivity index (χ3v) is 4.28. The lowest BCUT2D eigenvalue weighted by atomic mass is 10.4. The van der Waals surface area contributed by atoms with Crippen LogP contribution in [0.5, 0.6) is 0 Å². The van der Waals surface area contributed by atoms with Crippen molar-refractivity contribution in [2.24, 2.45) is 0 Å². The Balaban J connectivity index is 2.49. The van der Waals surface area contributed by atoms with Gasteiger partial charge in [0.25, 0.3) is 10.0 Å². The summed E-state index contributed by atoms with van der Waals surface area (Å²) in [5, 5.41) is 10.5. The highest BCUT2D eigenvalue weighted by Gasteiger charge is 2.24. The molecule has 0 aliphatic heterocycles. The van der Waals surface area contributed by atoms with Crippen molar-refractivity contribution >= 4 is 44.7 Å². The van der Waals surface area contributed by atoms with Crippen LogP contribution in [-0.2, 0) is 10.0 Å². The monoisotopic (exact) mass is 348 g/mol. The van der Waals surface area contributed by atoms with Gasteiger partial charge in [0.05, 0.1) is 4.92 Å². The summed E-state index contributed by atoms with van der Waals surface area (Å²) in [4.78, 5) is 17.0.